The Kier molecular flexibility index (Phi) is 5.24. The van der Waals surface area contributed by atoms with Crippen molar-refractivity contribution in [1.29, 1.82) is 0 Å². The van der Waals surface area contributed by atoms with E-state index >= 15 is 0 Å². The van der Waals surface area contributed by atoms with Crippen molar-refractivity contribution in [2.45, 2.75) is 13.3 Å². The number of hydrogen-bond donors (Lipinski definition) is 0. The molecule has 0 aromatic carbocycles. The van der Waals surface area contributed by atoms with Gasteiger partial charge in [0, 0.05) is 5.92 Å². The lowest BCUT2D eigenvalue weighted by Crippen LogP contribution is -2.37. The highest BCUT2D eigenvalue weighted by atomic mass is 16.5. The van der Waals surface area contributed by atoms with Crippen LogP contribution in [0.15, 0.2) is 0 Å². The van der Waals surface area contributed by atoms with Crippen LogP contribution in [0.25, 0.3) is 0 Å². The van der Waals surface area contributed by atoms with E-state index in [0.717, 1.165) is 7.11 Å². The fourth-order valence-electron chi connectivity index (χ4n) is 2.77. The van der Waals surface area contributed by atoms with Crippen LogP contribution >= 0.6 is 0 Å². The zero-order chi connectivity index (χ0) is 15.4. The van der Waals surface area contributed by atoms with E-state index in [2.05, 4.69) is 14.2 Å². The Hall–Kier alpha value is -1.92. The van der Waals surface area contributed by atoms with Gasteiger partial charge in [-0.2, -0.15) is 0 Å². The summed E-state index contributed by atoms with van der Waals surface area (Å²) in [6.07, 6.45) is 0.0710. The second-order valence-corrected chi connectivity index (χ2v) is 4.68. The number of ether oxygens (including phenoxy) is 3. The molecule has 0 aromatic rings. The van der Waals surface area contributed by atoms with E-state index in [1.165, 1.54) is 21.1 Å². The molecule has 0 aromatic heterocycles. The predicted molar refractivity (Wildman–Crippen MR) is 65.3 cm³/mol. The highest BCUT2D eigenvalue weighted by molar-refractivity contribution is 5.93. The van der Waals surface area contributed by atoms with Crippen molar-refractivity contribution in [2.75, 3.05) is 21.3 Å². The van der Waals surface area contributed by atoms with Gasteiger partial charge in [0.05, 0.1) is 39.1 Å². The second kappa shape index (κ2) is 6.49. The van der Waals surface area contributed by atoms with E-state index in [4.69, 9.17) is 0 Å². The van der Waals surface area contributed by atoms with Gasteiger partial charge in [-0.1, -0.05) is 0 Å². The van der Waals surface area contributed by atoms with E-state index in [0.29, 0.717) is 0 Å². The Morgan fingerprint density at radius 2 is 1.15 bits per heavy atom. The largest absolute Gasteiger partial charge is 0.469 e. The first kappa shape index (κ1) is 16.1. The number of rotatable bonds is 4. The molecule has 0 bridgehead atoms. The summed E-state index contributed by atoms with van der Waals surface area (Å²) in [5.41, 5.74) is 0. The molecular weight excluding hydrogens is 268 g/mol. The lowest BCUT2D eigenvalue weighted by molar-refractivity contribution is -0.163. The SMILES string of the molecule is COC(=O)[C@@H]1[C@H](C(=O)OC)[C@@H](C(=O)OC)C[C@H]1C(C)=O. The molecule has 112 valence electrons. The van der Waals surface area contributed by atoms with Crippen molar-refractivity contribution in [3.63, 3.8) is 0 Å². The molecule has 1 rings (SSSR count). The van der Waals surface area contributed by atoms with E-state index in [1.807, 2.05) is 0 Å². The number of methoxy groups -OCH3 is 3. The minimum absolute atomic E-state index is 0.0710. The Balaban J connectivity index is 3.23. The van der Waals surface area contributed by atoms with Crippen LogP contribution in [0.1, 0.15) is 13.3 Å². The van der Waals surface area contributed by atoms with Crippen LogP contribution in [0.5, 0.6) is 0 Å². The highest BCUT2D eigenvalue weighted by Gasteiger charge is 2.56. The maximum Gasteiger partial charge on any atom is 0.310 e. The molecule has 0 unspecified atom stereocenters. The molecule has 7 heteroatoms. The summed E-state index contributed by atoms with van der Waals surface area (Å²) in [6, 6.07) is 0. The van der Waals surface area contributed by atoms with Gasteiger partial charge < -0.3 is 14.2 Å². The van der Waals surface area contributed by atoms with Crippen LogP contribution in [0, 0.1) is 23.7 Å². The minimum atomic E-state index is -1.06. The van der Waals surface area contributed by atoms with Crippen LogP contribution in [0.2, 0.25) is 0 Å². The number of carbonyl (C=O) groups excluding carboxylic acids is 4. The third-order valence-electron chi connectivity index (χ3n) is 3.73. The molecule has 1 aliphatic carbocycles. The van der Waals surface area contributed by atoms with Crippen molar-refractivity contribution in [1.82, 2.24) is 0 Å². The Morgan fingerprint density at radius 1 is 0.750 bits per heavy atom. The maximum absolute atomic E-state index is 11.9. The molecule has 7 nitrogen and oxygen atoms in total. The Labute approximate surface area is 116 Å². The van der Waals surface area contributed by atoms with Crippen molar-refractivity contribution in [2.24, 2.45) is 23.7 Å². The maximum atomic E-state index is 11.9. The van der Waals surface area contributed by atoms with Gasteiger partial charge in [-0.25, -0.2) is 0 Å². The molecule has 1 saturated carbocycles. The zero-order valence-corrected chi connectivity index (χ0v) is 11.9. The number of Topliss-reactive ketones (excluding diaryl/α,β-unsaturated/α-hetero) is 1. The van der Waals surface area contributed by atoms with Gasteiger partial charge >= 0.3 is 17.9 Å². The normalized spacial score (nSPS) is 28.6. The van der Waals surface area contributed by atoms with E-state index in [9.17, 15) is 19.2 Å². The molecule has 4 atom stereocenters. The molecule has 1 fully saturated rings. The first-order chi connectivity index (χ1) is 9.38. The quantitative estimate of drug-likeness (QED) is 0.528. The molecule has 0 N–H and O–H groups in total. The van der Waals surface area contributed by atoms with Gasteiger partial charge in [0.25, 0.3) is 0 Å². The standard InChI is InChI=1S/C13H18O7/c1-6(14)7-5-8(11(15)18-2)10(13(17)20-4)9(7)12(16)19-3/h7-10H,5H2,1-4H3/t7-,8-,9-,10+/m0/s1. The summed E-state index contributed by atoms with van der Waals surface area (Å²) < 4.78 is 13.9. The first-order valence-corrected chi connectivity index (χ1v) is 6.12. The molecule has 0 radical (unpaired) electrons. The lowest BCUT2D eigenvalue weighted by atomic mass is 9.85. The fraction of sp³-hybridized carbons (Fsp3) is 0.692. The van der Waals surface area contributed by atoms with E-state index in [-0.39, 0.29) is 12.2 Å². The third-order valence-corrected chi connectivity index (χ3v) is 3.73. The second-order valence-electron chi connectivity index (χ2n) is 4.68. The lowest BCUT2D eigenvalue weighted by Gasteiger charge is -2.21. The smallest absolute Gasteiger partial charge is 0.310 e. The topological polar surface area (TPSA) is 96.0 Å². The van der Waals surface area contributed by atoms with E-state index in [1.54, 1.807) is 0 Å². The van der Waals surface area contributed by atoms with Crippen molar-refractivity contribution < 1.29 is 33.4 Å². The monoisotopic (exact) mass is 286 g/mol. The van der Waals surface area contributed by atoms with Crippen LogP contribution in [0.3, 0.4) is 0 Å². The zero-order valence-electron chi connectivity index (χ0n) is 11.9. The number of hydrogen-bond acceptors (Lipinski definition) is 7. The molecule has 0 aliphatic heterocycles. The van der Waals surface area contributed by atoms with Crippen molar-refractivity contribution >= 4 is 23.7 Å². The average Bonchev–Trinajstić information content (AvgIpc) is 2.85. The molecule has 0 saturated heterocycles. The summed E-state index contributed by atoms with van der Waals surface area (Å²) in [5, 5.41) is 0. The van der Waals surface area contributed by atoms with Gasteiger partial charge in [0.15, 0.2) is 0 Å². The van der Waals surface area contributed by atoms with Crippen LogP contribution in [0.4, 0.5) is 0 Å². The Morgan fingerprint density at radius 3 is 1.50 bits per heavy atom. The summed E-state index contributed by atoms with van der Waals surface area (Å²) in [5.74, 6) is -6.06. The van der Waals surface area contributed by atoms with Crippen LogP contribution in [-0.2, 0) is 33.4 Å². The minimum Gasteiger partial charge on any atom is -0.469 e. The van der Waals surface area contributed by atoms with Gasteiger partial charge in [-0.15, -0.1) is 0 Å². The van der Waals surface area contributed by atoms with Crippen LogP contribution in [-0.4, -0.2) is 45.0 Å². The van der Waals surface area contributed by atoms with Gasteiger partial charge in [-0.3, -0.25) is 19.2 Å². The average molecular weight is 286 g/mol. The summed E-state index contributed by atoms with van der Waals surface area (Å²) in [6.45, 7) is 1.31. The number of ketones is 1. The first-order valence-electron chi connectivity index (χ1n) is 6.12. The van der Waals surface area contributed by atoms with Gasteiger partial charge in [-0.05, 0) is 13.3 Å². The molecule has 20 heavy (non-hydrogen) atoms. The van der Waals surface area contributed by atoms with Crippen molar-refractivity contribution in [3.05, 3.63) is 0 Å². The molecule has 0 spiro atoms. The van der Waals surface area contributed by atoms with E-state index < -0.39 is 41.6 Å². The predicted octanol–water partition coefficient (Wildman–Crippen LogP) is -0.0371. The van der Waals surface area contributed by atoms with Gasteiger partial charge in [0.1, 0.15) is 5.78 Å². The molecule has 1 aliphatic rings. The third kappa shape index (κ3) is 2.81. The molecule has 0 amide bonds. The summed E-state index contributed by atoms with van der Waals surface area (Å²) >= 11 is 0. The van der Waals surface area contributed by atoms with Gasteiger partial charge in [0.2, 0.25) is 0 Å². The summed E-state index contributed by atoms with van der Waals surface area (Å²) in [4.78, 5) is 47.2. The van der Waals surface area contributed by atoms with Crippen LogP contribution < -0.4 is 0 Å². The summed E-state index contributed by atoms with van der Waals surface area (Å²) in [7, 11) is 3.51. The Bertz CT molecular complexity index is 428. The highest BCUT2D eigenvalue weighted by Crippen LogP contribution is 2.44. The van der Waals surface area contributed by atoms with Crippen molar-refractivity contribution in [3.8, 4) is 0 Å². The molecular formula is C13H18O7. The fourth-order valence-corrected chi connectivity index (χ4v) is 2.77. The number of esters is 3. The number of carbonyl (C=O) groups is 4. The molecule has 0 heterocycles.